The highest BCUT2D eigenvalue weighted by molar-refractivity contribution is 7.86. The average Bonchev–Trinajstić information content (AvgIpc) is 3.16. The lowest BCUT2D eigenvalue weighted by Gasteiger charge is -2.13. The van der Waals surface area contributed by atoms with Crippen molar-refractivity contribution in [2.24, 2.45) is 20.5 Å². The van der Waals surface area contributed by atoms with Gasteiger partial charge in [0.1, 0.15) is 42.3 Å². The SMILES string of the molecule is O=[N+]([O-])c1cc(N=Nc2c(S(=O)(=O)O)cc3cc(Nc4ccc5c(O)c(N=Nc6cc(S(=O)(=O)O)cc([N+](=O)[O-])c6O)c(S(=O)(=O)O)cc5c4)ccc3c2O)c(O)c(S(=O)(=O)O)c1. The quantitative estimate of drug-likeness (QED) is 0.0285. The third kappa shape index (κ3) is 9.09. The average molecular weight is 952 g/mol. The van der Waals surface area contributed by atoms with Crippen molar-refractivity contribution in [2.45, 2.75) is 19.6 Å². The van der Waals surface area contributed by atoms with Crippen molar-refractivity contribution >= 4 is 108 Å². The Morgan fingerprint density at radius 3 is 1.32 bits per heavy atom. The first-order chi connectivity index (χ1) is 29.1. The van der Waals surface area contributed by atoms with E-state index in [-0.39, 0.29) is 32.9 Å². The molecule has 0 aliphatic heterocycles. The number of hydrogen-bond donors (Lipinski definition) is 9. The van der Waals surface area contributed by atoms with Gasteiger partial charge in [-0.2, -0.15) is 33.7 Å². The van der Waals surface area contributed by atoms with Gasteiger partial charge >= 0.3 is 5.69 Å². The molecule has 328 valence electrons. The summed E-state index contributed by atoms with van der Waals surface area (Å²) in [6.07, 6.45) is 0. The number of benzene rings is 6. The Labute approximate surface area is 349 Å². The molecule has 0 unspecified atom stereocenters. The standard InChI is InChI=1S/C32H21N7O20S4/c40-29-19-3-1-15(5-13(19)7-24(61(51,52)53)27(29)36-34-21-9-17(38(44)45)10-26(32(21)43)63(57,58)59)33-16-2-4-20-14(6-16)8-25(62(54,55)56)28(30(20)41)37-35-22-11-18(60(48,49)50)12-23(31(22)42)39(46)47/h1-12,33,40-43H,(H,48,49,50)(H,51,52,53)(H,54,55,56)(H,57,58,59). The summed E-state index contributed by atoms with van der Waals surface area (Å²) in [4.78, 5) is 15.7. The lowest BCUT2D eigenvalue weighted by molar-refractivity contribution is -0.386. The highest BCUT2D eigenvalue weighted by atomic mass is 32.2. The van der Waals surface area contributed by atoms with E-state index in [9.17, 15) is 92.5 Å². The van der Waals surface area contributed by atoms with Crippen molar-refractivity contribution in [3.05, 3.63) is 93.0 Å². The van der Waals surface area contributed by atoms with E-state index in [1.807, 2.05) is 0 Å². The van der Waals surface area contributed by atoms with Crippen molar-refractivity contribution in [1.82, 2.24) is 0 Å². The molecule has 31 heteroatoms. The predicted molar refractivity (Wildman–Crippen MR) is 212 cm³/mol. The molecular weight excluding hydrogens is 931 g/mol. The van der Waals surface area contributed by atoms with Crippen LogP contribution in [0.4, 0.5) is 45.5 Å². The Hall–Kier alpha value is -7.52. The Balaban J connectivity index is 1.40. The predicted octanol–water partition coefficient (Wildman–Crippen LogP) is 6.19. The number of fused-ring (bicyclic) bond motifs is 2. The topological polar surface area (TPSA) is 446 Å². The van der Waals surface area contributed by atoms with Crippen LogP contribution in [0.1, 0.15) is 0 Å². The number of azo groups is 2. The summed E-state index contributed by atoms with van der Waals surface area (Å²) in [6.45, 7) is 0. The number of phenolic OH excluding ortho intramolecular Hbond substituents is 4. The van der Waals surface area contributed by atoms with E-state index >= 15 is 0 Å². The summed E-state index contributed by atoms with van der Waals surface area (Å²) in [7, 11) is -21.0. The number of phenols is 4. The van der Waals surface area contributed by atoms with Crippen LogP contribution in [-0.4, -0.2) is 82.2 Å². The van der Waals surface area contributed by atoms with Gasteiger partial charge in [-0.3, -0.25) is 38.4 Å². The van der Waals surface area contributed by atoms with Crippen molar-refractivity contribution in [2.75, 3.05) is 5.32 Å². The first-order valence-electron chi connectivity index (χ1n) is 16.2. The van der Waals surface area contributed by atoms with Crippen LogP contribution in [-0.2, 0) is 40.5 Å². The second-order valence-electron chi connectivity index (χ2n) is 12.6. The third-order valence-corrected chi connectivity index (χ3v) is 12.0. The van der Waals surface area contributed by atoms with E-state index in [1.165, 1.54) is 36.4 Å². The maximum absolute atomic E-state index is 12.4. The summed E-state index contributed by atoms with van der Waals surface area (Å²) in [5, 5.41) is 81.6. The van der Waals surface area contributed by atoms with Crippen LogP contribution in [0.25, 0.3) is 21.5 Å². The van der Waals surface area contributed by atoms with Gasteiger partial charge in [-0.15, -0.1) is 20.5 Å². The van der Waals surface area contributed by atoms with E-state index in [0.29, 0.717) is 24.3 Å². The number of nitro groups is 2. The molecule has 0 fully saturated rings. The molecule has 0 aliphatic carbocycles. The van der Waals surface area contributed by atoms with Gasteiger partial charge in [0.15, 0.2) is 17.2 Å². The number of hydrogen-bond acceptors (Lipinski definition) is 21. The van der Waals surface area contributed by atoms with Crippen LogP contribution in [0.5, 0.6) is 23.0 Å². The highest BCUT2D eigenvalue weighted by Crippen LogP contribution is 2.46. The van der Waals surface area contributed by atoms with Gasteiger partial charge < -0.3 is 25.7 Å². The number of nitrogens with one attached hydrogen (secondary N) is 1. The minimum atomic E-state index is -5.29. The van der Waals surface area contributed by atoms with Gasteiger partial charge in [0.2, 0.25) is 5.75 Å². The summed E-state index contributed by atoms with van der Waals surface area (Å²) in [5.41, 5.74) is -5.98. The molecule has 0 atom stereocenters. The fourth-order valence-electron chi connectivity index (χ4n) is 5.72. The van der Waals surface area contributed by atoms with Crippen LogP contribution in [0, 0.1) is 20.2 Å². The van der Waals surface area contributed by atoms with Gasteiger partial charge in [-0.05, 0) is 65.4 Å². The smallest absolute Gasteiger partial charge is 0.314 e. The van der Waals surface area contributed by atoms with Crippen LogP contribution in [0.3, 0.4) is 0 Å². The maximum atomic E-state index is 12.4. The molecule has 0 bridgehead atoms. The molecule has 0 spiro atoms. The lowest BCUT2D eigenvalue weighted by Crippen LogP contribution is -2.00. The molecule has 0 aromatic heterocycles. The molecule has 0 heterocycles. The number of aromatic hydroxyl groups is 4. The van der Waals surface area contributed by atoms with Crippen molar-refractivity contribution in [3.8, 4) is 23.0 Å². The van der Waals surface area contributed by atoms with E-state index in [0.717, 1.165) is 12.1 Å². The van der Waals surface area contributed by atoms with Gasteiger partial charge in [-0.25, -0.2) is 0 Å². The molecule has 6 rings (SSSR count). The molecule has 0 aliphatic rings. The Bertz CT molecular complexity index is 3410. The summed E-state index contributed by atoms with van der Waals surface area (Å²) in [5.74, 6) is -4.56. The van der Waals surface area contributed by atoms with Crippen molar-refractivity contribution < 1.29 is 82.2 Å². The van der Waals surface area contributed by atoms with Crippen LogP contribution in [0.2, 0.25) is 0 Å². The summed E-state index contributed by atoms with van der Waals surface area (Å²) < 4.78 is 135. The fraction of sp³-hybridized carbons (Fsp3) is 0. The third-order valence-electron chi connectivity index (χ3n) is 8.53. The van der Waals surface area contributed by atoms with Crippen molar-refractivity contribution in [3.63, 3.8) is 0 Å². The lowest BCUT2D eigenvalue weighted by atomic mass is 10.1. The Kier molecular flexibility index (Phi) is 11.3. The normalized spacial score (nSPS) is 12.7. The Morgan fingerprint density at radius 2 is 0.921 bits per heavy atom. The first-order valence-corrected chi connectivity index (χ1v) is 21.9. The fourth-order valence-corrected chi connectivity index (χ4v) is 8.18. The molecule has 0 saturated carbocycles. The van der Waals surface area contributed by atoms with Crippen LogP contribution in [0.15, 0.2) is 113 Å². The highest BCUT2D eigenvalue weighted by Gasteiger charge is 2.28. The second-order valence-corrected chi connectivity index (χ2v) is 18.2. The number of nitrogens with zero attached hydrogens (tertiary/aromatic N) is 6. The minimum absolute atomic E-state index is 0.113. The molecule has 6 aromatic carbocycles. The van der Waals surface area contributed by atoms with Gasteiger partial charge in [0.05, 0.1) is 9.85 Å². The molecule has 63 heavy (non-hydrogen) atoms. The van der Waals surface area contributed by atoms with E-state index in [1.54, 1.807) is 0 Å². The first kappa shape index (κ1) is 45.0. The zero-order chi connectivity index (χ0) is 46.7. The summed E-state index contributed by atoms with van der Waals surface area (Å²) >= 11 is 0. The number of non-ortho nitro benzene ring substituents is 1. The monoisotopic (exact) mass is 951 g/mol. The maximum Gasteiger partial charge on any atom is 0.314 e. The largest absolute Gasteiger partial charge is 0.505 e. The van der Waals surface area contributed by atoms with E-state index in [2.05, 4.69) is 25.8 Å². The minimum Gasteiger partial charge on any atom is -0.505 e. The molecular formula is C32H21N7O20S4. The molecule has 0 amide bonds. The molecule has 6 aromatic rings. The zero-order valence-electron chi connectivity index (χ0n) is 30.2. The van der Waals surface area contributed by atoms with Crippen molar-refractivity contribution in [1.29, 1.82) is 0 Å². The molecule has 27 nitrogen and oxygen atoms in total. The van der Waals surface area contributed by atoms with Crippen LogP contribution < -0.4 is 5.32 Å². The second kappa shape index (κ2) is 15.7. The summed E-state index contributed by atoms with van der Waals surface area (Å²) in [6, 6.07) is 10.6. The number of rotatable bonds is 12. The molecule has 0 radical (unpaired) electrons. The van der Waals surface area contributed by atoms with Gasteiger partial charge in [0.25, 0.3) is 46.2 Å². The van der Waals surface area contributed by atoms with E-state index in [4.69, 9.17) is 0 Å². The molecule has 9 N–H and O–H groups in total. The van der Waals surface area contributed by atoms with E-state index < -0.39 is 127 Å². The molecule has 0 saturated heterocycles. The number of anilines is 2. The van der Waals surface area contributed by atoms with Gasteiger partial charge in [-0.1, -0.05) is 0 Å². The zero-order valence-corrected chi connectivity index (χ0v) is 33.5. The van der Waals surface area contributed by atoms with Gasteiger partial charge in [0, 0.05) is 40.3 Å². The Morgan fingerprint density at radius 1 is 0.476 bits per heavy atom. The van der Waals surface area contributed by atoms with Crippen LogP contribution >= 0.6 is 0 Å². The number of nitro benzene ring substituents is 2.